The molecule has 1 aliphatic heterocycles. The lowest BCUT2D eigenvalue weighted by molar-refractivity contribution is -0.126. The largest absolute Gasteiger partial charge is 0.355 e. The Morgan fingerprint density at radius 3 is 2.56 bits per heavy atom. The number of carbonyl (C=O) groups excluding carboxylic acids is 2. The Labute approximate surface area is 97.4 Å². The Kier molecular flexibility index (Phi) is 5.46. The van der Waals surface area contributed by atoms with E-state index < -0.39 is 0 Å². The van der Waals surface area contributed by atoms with E-state index in [4.69, 9.17) is 0 Å². The van der Waals surface area contributed by atoms with Gasteiger partial charge in [0, 0.05) is 32.5 Å². The second-order valence-electron chi connectivity index (χ2n) is 4.85. The zero-order chi connectivity index (χ0) is 12.0. The first-order chi connectivity index (χ1) is 7.58. The van der Waals surface area contributed by atoms with Crippen LogP contribution in [0, 0.1) is 5.92 Å². The van der Waals surface area contributed by atoms with E-state index >= 15 is 0 Å². The van der Waals surface area contributed by atoms with Crippen LogP contribution in [0.25, 0.3) is 0 Å². The Morgan fingerprint density at radius 2 is 2.00 bits per heavy atom. The highest BCUT2D eigenvalue weighted by Gasteiger charge is 2.17. The molecule has 1 rings (SSSR count). The molecule has 1 N–H and O–H groups in total. The van der Waals surface area contributed by atoms with E-state index in [1.54, 1.807) is 0 Å². The normalized spacial score (nSPS) is 17.8. The van der Waals surface area contributed by atoms with Gasteiger partial charge in [-0.1, -0.05) is 13.8 Å². The second-order valence-corrected chi connectivity index (χ2v) is 4.85. The Morgan fingerprint density at radius 1 is 1.38 bits per heavy atom. The standard InChI is InChI=1S/C12H22N2O2/c1-10(2)3-6-13-12(16)9-14-7-4-11(15)5-8-14/h10H,3-9H2,1-2H3,(H,13,16). The Bertz CT molecular complexity index is 241. The average Bonchev–Trinajstić information content (AvgIpc) is 2.21. The molecule has 0 saturated carbocycles. The number of nitrogens with one attached hydrogen (secondary N) is 1. The molecule has 1 fully saturated rings. The maximum absolute atomic E-state index is 11.5. The number of piperidine rings is 1. The summed E-state index contributed by atoms with van der Waals surface area (Å²) in [5.41, 5.74) is 0. The number of carbonyl (C=O) groups is 2. The fourth-order valence-electron chi connectivity index (χ4n) is 1.72. The van der Waals surface area contributed by atoms with Crippen molar-refractivity contribution in [3.05, 3.63) is 0 Å². The predicted octanol–water partition coefficient (Wildman–Crippen LogP) is 0.814. The molecule has 0 spiro atoms. The third-order valence-corrected chi connectivity index (χ3v) is 2.82. The topological polar surface area (TPSA) is 49.4 Å². The van der Waals surface area contributed by atoms with Gasteiger partial charge in [-0.15, -0.1) is 0 Å². The summed E-state index contributed by atoms with van der Waals surface area (Å²) in [5, 5.41) is 2.91. The van der Waals surface area contributed by atoms with E-state index in [2.05, 4.69) is 19.2 Å². The van der Waals surface area contributed by atoms with Crippen molar-refractivity contribution in [1.29, 1.82) is 0 Å². The van der Waals surface area contributed by atoms with Crippen LogP contribution >= 0.6 is 0 Å². The number of hydrogen-bond acceptors (Lipinski definition) is 3. The fourth-order valence-corrected chi connectivity index (χ4v) is 1.72. The zero-order valence-corrected chi connectivity index (χ0v) is 10.3. The highest BCUT2D eigenvalue weighted by molar-refractivity contribution is 5.81. The number of amides is 1. The summed E-state index contributed by atoms with van der Waals surface area (Å²) in [5.74, 6) is 1.01. The SMILES string of the molecule is CC(C)CCNC(=O)CN1CCC(=O)CC1. The lowest BCUT2D eigenvalue weighted by Gasteiger charge is -2.24. The first-order valence-electron chi connectivity index (χ1n) is 6.08. The molecule has 0 atom stereocenters. The molecule has 1 aliphatic rings. The van der Waals surface area contributed by atoms with Crippen LogP contribution in [0.3, 0.4) is 0 Å². The van der Waals surface area contributed by atoms with Crippen molar-refractivity contribution >= 4 is 11.7 Å². The molecular weight excluding hydrogens is 204 g/mol. The lowest BCUT2D eigenvalue weighted by Crippen LogP contribution is -2.41. The van der Waals surface area contributed by atoms with E-state index in [1.807, 2.05) is 4.90 Å². The molecule has 4 nitrogen and oxygen atoms in total. The van der Waals surface area contributed by atoms with Crippen molar-refractivity contribution in [3.8, 4) is 0 Å². The summed E-state index contributed by atoms with van der Waals surface area (Å²) < 4.78 is 0. The minimum absolute atomic E-state index is 0.0787. The summed E-state index contributed by atoms with van der Waals surface area (Å²) in [4.78, 5) is 24.6. The van der Waals surface area contributed by atoms with E-state index in [0.717, 1.165) is 26.1 Å². The van der Waals surface area contributed by atoms with Gasteiger partial charge in [-0.3, -0.25) is 14.5 Å². The Hall–Kier alpha value is -0.900. The molecule has 0 aromatic carbocycles. The van der Waals surface area contributed by atoms with Gasteiger partial charge in [-0.25, -0.2) is 0 Å². The summed E-state index contributed by atoms with van der Waals surface area (Å²) in [6.45, 7) is 6.94. The minimum atomic E-state index is 0.0787. The molecule has 92 valence electrons. The van der Waals surface area contributed by atoms with Crippen LogP contribution in [0.2, 0.25) is 0 Å². The molecular formula is C12H22N2O2. The number of rotatable bonds is 5. The fraction of sp³-hybridized carbons (Fsp3) is 0.833. The van der Waals surface area contributed by atoms with Gasteiger partial charge in [0.15, 0.2) is 0 Å². The van der Waals surface area contributed by atoms with Gasteiger partial charge in [0.1, 0.15) is 5.78 Å². The number of likely N-dealkylation sites (tertiary alicyclic amines) is 1. The molecule has 1 heterocycles. The van der Waals surface area contributed by atoms with Crippen molar-refractivity contribution < 1.29 is 9.59 Å². The quantitative estimate of drug-likeness (QED) is 0.755. The van der Waals surface area contributed by atoms with Crippen molar-refractivity contribution in [2.75, 3.05) is 26.2 Å². The summed E-state index contributed by atoms with van der Waals surface area (Å²) >= 11 is 0. The van der Waals surface area contributed by atoms with Crippen LogP contribution in [0.5, 0.6) is 0 Å². The summed E-state index contributed by atoms with van der Waals surface area (Å²) in [6.07, 6.45) is 2.21. The van der Waals surface area contributed by atoms with Crippen LogP contribution in [0.15, 0.2) is 0 Å². The van der Waals surface area contributed by atoms with Crippen molar-refractivity contribution in [1.82, 2.24) is 10.2 Å². The molecule has 0 aliphatic carbocycles. The number of nitrogens with zero attached hydrogens (tertiary/aromatic N) is 1. The van der Waals surface area contributed by atoms with E-state index in [9.17, 15) is 9.59 Å². The average molecular weight is 226 g/mol. The summed E-state index contributed by atoms with van der Waals surface area (Å²) in [7, 11) is 0. The third-order valence-electron chi connectivity index (χ3n) is 2.82. The van der Waals surface area contributed by atoms with Gasteiger partial charge in [-0.2, -0.15) is 0 Å². The highest BCUT2D eigenvalue weighted by atomic mass is 16.2. The zero-order valence-electron chi connectivity index (χ0n) is 10.3. The van der Waals surface area contributed by atoms with E-state index in [1.165, 1.54) is 0 Å². The van der Waals surface area contributed by atoms with Crippen molar-refractivity contribution in [2.24, 2.45) is 5.92 Å². The third kappa shape index (κ3) is 5.26. The van der Waals surface area contributed by atoms with Gasteiger partial charge in [-0.05, 0) is 12.3 Å². The second kappa shape index (κ2) is 6.63. The van der Waals surface area contributed by atoms with Crippen molar-refractivity contribution in [2.45, 2.75) is 33.1 Å². The van der Waals surface area contributed by atoms with Crippen LogP contribution in [0.1, 0.15) is 33.1 Å². The Balaban J connectivity index is 2.12. The molecule has 1 saturated heterocycles. The first kappa shape index (κ1) is 13.2. The van der Waals surface area contributed by atoms with Gasteiger partial charge in [0.25, 0.3) is 0 Å². The van der Waals surface area contributed by atoms with Gasteiger partial charge in [0.05, 0.1) is 6.54 Å². The maximum atomic E-state index is 11.5. The molecule has 4 heteroatoms. The number of hydrogen-bond donors (Lipinski definition) is 1. The first-order valence-corrected chi connectivity index (χ1v) is 6.08. The molecule has 0 bridgehead atoms. The van der Waals surface area contributed by atoms with Crippen LogP contribution in [0.4, 0.5) is 0 Å². The highest BCUT2D eigenvalue weighted by Crippen LogP contribution is 2.04. The molecule has 0 aromatic rings. The smallest absolute Gasteiger partial charge is 0.234 e. The molecule has 0 unspecified atom stereocenters. The minimum Gasteiger partial charge on any atom is -0.355 e. The molecule has 0 radical (unpaired) electrons. The predicted molar refractivity (Wildman–Crippen MR) is 63.1 cm³/mol. The van der Waals surface area contributed by atoms with Gasteiger partial charge < -0.3 is 5.32 Å². The van der Waals surface area contributed by atoms with E-state index in [0.29, 0.717) is 31.1 Å². The van der Waals surface area contributed by atoms with Crippen LogP contribution in [-0.2, 0) is 9.59 Å². The van der Waals surface area contributed by atoms with Crippen molar-refractivity contribution in [3.63, 3.8) is 0 Å². The van der Waals surface area contributed by atoms with Gasteiger partial charge >= 0.3 is 0 Å². The van der Waals surface area contributed by atoms with Crippen LogP contribution in [-0.4, -0.2) is 42.8 Å². The van der Waals surface area contributed by atoms with E-state index in [-0.39, 0.29) is 5.91 Å². The maximum Gasteiger partial charge on any atom is 0.234 e. The monoisotopic (exact) mass is 226 g/mol. The lowest BCUT2D eigenvalue weighted by atomic mass is 10.1. The molecule has 0 aromatic heterocycles. The number of Topliss-reactive ketones (excluding diaryl/α,β-unsaturated/α-hetero) is 1. The molecule has 1 amide bonds. The number of ketones is 1. The van der Waals surface area contributed by atoms with Gasteiger partial charge in [0.2, 0.25) is 5.91 Å². The summed E-state index contributed by atoms with van der Waals surface area (Å²) in [6, 6.07) is 0. The van der Waals surface area contributed by atoms with Crippen LogP contribution < -0.4 is 5.32 Å². The molecule has 16 heavy (non-hydrogen) atoms.